The molecular formula is C15H11Cl2FO. The van der Waals surface area contributed by atoms with E-state index in [9.17, 15) is 4.39 Å². The molecule has 3 rings (SSSR count). The van der Waals surface area contributed by atoms with Crippen LogP contribution in [0.15, 0.2) is 36.4 Å². The topological polar surface area (TPSA) is 9.23 Å². The van der Waals surface area contributed by atoms with Crippen molar-refractivity contribution in [1.29, 1.82) is 0 Å². The summed E-state index contributed by atoms with van der Waals surface area (Å²) in [5.41, 5.74) is 3.60. The Morgan fingerprint density at radius 3 is 2.63 bits per heavy atom. The molecule has 0 N–H and O–H groups in total. The normalized spacial score (nSPS) is 15.3. The Hall–Kier alpha value is -1.09. The molecule has 1 unspecified atom stereocenters. The van der Waals surface area contributed by atoms with Crippen LogP contribution in [0.4, 0.5) is 4.39 Å². The quantitative estimate of drug-likeness (QED) is 0.721. The molecule has 19 heavy (non-hydrogen) atoms. The van der Waals surface area contributed by atoms with Crippen LogP contribution in [0.2, 0.25) is 5.02 Å². The zero-order chi connectivity index (χ0) is 13.4. The molecule has 0 radical (unpaired) electrons. The molecule has 0 aromatic heterocycles. The number of fused-ring (bicyclic) bond motifs is 1. The summed E-state index contributed by atoms with van der Waals surface area (Å²) in [6.45, 7) is 1.23. The van der Waals surface area contributed by atoms with Crippen molar-refractivity contribution in [3.8, 4) is 0 Å². The van der Waals surface area contributed by atoms with Crippen LogP contribution >= 0.6 is 23.2 Å². The van der Waals surface area contributed by atoms with E-state index in [1.165, 1.54) is 11.6 Å². The third-order valence-electron chi connectivity index (χ3n) is 3.27. The Bertz CT molecular complexity index is 628. The van der Waals surface area contributed by atoms with Gasteiger partial charge in [0.25, 0.3) is 0 Å². The van der Waals surface area contributed by atoms with Gasteiger partial charge in [-0.05, 0) is 28.8 Å². The molecule has 0 spiro atoms. The average Bonchev–Trinajstić information content (AvgIpc) is 2.85. The Morgan fingerprint density at radius 2 is 1.84 bits per heavy atom. The van der Waals surface area contributed by atoms with E-state index >= 15 is 0 Å². The molecule has 1 atom stereocenters. The zero-order valence-electron chi connectivity index (χ0n) is 10.00. The number of halogens is 3. The zero-order valence-corrected chi connectivity index (χ0v) is 11.5. The van der Waals surface area contributed by atoms with Crippen LogP contribution in [0.25, 0.3) is 0 Å². The first-order valence-electron chi connectivity index (χ1n) is 5.93. The summed E-state index contributed by atoms with van der Waals surface area (Å²) < 4.78 is 19.2. The number of ether oxygens (including phenoxy) is 1. The minimum atomic E-state index is -0.525. The van der Waals surface area contributed by atoms with Crippen molar-refractivity contribution < 1.29 is 9.13 Å². The van der Waals surface area contributed by atoms with Gasteiger partial charge in [-0.2, -0.15) is 0 Å². The standard InChI is InChI=1S/C15H11Cl2FO/c16-12-3-4-13(14(18)6-12)15(17)9-1-2-10-7-19-8-11(10)5-9/h1-6,15H,7-8H2. The van der Waals surface area contributed by atoms with Gasteiger partial charge < -0.3 is 4.74 Å². The summed E-state index contributed by atoms with van der Waals surface area (Å²) >= 11 is 12.1. The van der Waals surface area contributed by atoms with Crippen molar-refractivity contribution in [1.82, 2.24) is 0 Å². The number of hydrogen-bond acceptors (Lipinski definition) is 1. The molecule has 0 amide bonds. The van der Waals surface area contributed by atoms with E-state index < -0.39 is 5.38 Å². The van der Waals surface area contributed by atoms with Gasteiger partial charge in [0, 0.05) is 10.6 Å². The van der Waals surface area contributed by atoms with Crippen molar-refractivity contribution in [2.24, 2.45) is 0 Å². The van der Waals surface area contributed by atoms with E-state index in [1.807, 2.05) is 18.2 Å². The highest BCUT2D eigenvalue weighted by Gasteiger charge is 2.18. The molecule has 1 aliphatic heterocycles. The first kappa shape index (κ1) is 12.9. The first-order valence-corrected chi connectivity index (χ1v) is 6.75. The highest BCUT2D eigenvalue weighted by Crippen LogP contribution is 2.33. The largest absolute Gasteiger partial charge is 0.372 e. The number of benzene rings is 2. The van der Waals surface area contributed by atoms with Gasteiger partial charge in [0.15, 0.2) is 0 Å². The fourth-order valence-corrected chi connectivity index (χ4v) is 2.71. The third kappa shape index (κ3) is 2.48. The van der Waals surface area contributed by atoms with E-state index in [0.29, 0.717) is 23.8 Å². The highest BCUT2D eigenvalue weighted by molar-refractivity contribution is 6.30. The molecule has 4 heteroatoms. The van der Waals surface area contributed by atoms with Gasteiger partial charge in [-0.1, -0.05) is 35.9 Å². The molecule has 1 nitrogen and oxygen atoms in total. The predicted molar refractivity (Wildman–Crippen MR) is 74.0 cm³/mol. The first-order chi connectivity index (χ1) is 9.15. The molecular weight excluding hydrogens is 286 g/mol. The molecule has 0 aliphatic carbocycles. The lowest BCUT2D eigenvalue weighted by Crippen LogP contribution is -1.98. The van der Waals surface area contributed by atoms with Crippen LogP contribution in [-0.2, 0) is 18.0 Å². The van der Waals surface area contributed by atoms with Crippen LogP contribution < -0.4 is 0 Å². The lowest BCUT2D eigenvalue weighted by Gasteiger charge is -2.12. The van der Waals surface area contributed by atoms with E-state index in [2.05, 4.69) is 0 Å². The maximum atomic E-state index is 13.9. The van der Waals surface area contributed by atoms with Gasteiger partial charge in [-0.25, -0.2) is 4.39 Å². The van der Waals surface area contributed by atoms with E-state index in [1.54, 1.807) is 12.1 Å². The van der Waals surface area contributed by atoms with Crippen molar-refractivity contribution >= 4 is 23.2 Å². The summed E-state index contributed by atoms with van der Waals surface area (Å²) in [7, 11) is 0. The fourth-order valence-electron chi connectivity index (χ4n) is 2.24. The molecule has 2 aromatic carbocycles. The van der Waals surface area contributed by atoms with Crippen molar-refractivity contribution in [2.75, 3.05) is 0 Å². The second-order valence-corrected chi connectivity index (χ2v) is 5.42. The Kier molecular flexibility index (Phi) is 3.48. The molecule has 0 fully saturated rings. The lowest BCUT2D eigenvalue weighted by molar-refractivity contribution is 0.134. The van der Waals surface area contributed by atoms with Gasteiger partial charge in [0.1, 0.15) is 5.82 Å². The lowest BCUT2D eigenvalue weighted by atomic mass is 10.00. The van der Waals surface area contributed by atoms with E-state index in [4.69, 9.17) is 27.9 Å². The van der Waals surface area contributed by atoms with Gasteiger partial charge in [0.05, 0.1) is 18.6 Å². The van der Waals surface area contributed by atoms with Gasteiger partial charge in [-0.3, -0.25) is 0 Å². The van der Waals surface area contributed by atoms with Crippen LogP contribution in [0.5, 0.6) is 0 Å². The van der Waals surface area contributed by atoms with Crippen molar-refractivity contribution in [3.05, 3.63) is 69.5 Å². The van der Waals surface area contributed by atoms with Gasteiger partial charge in [0.2, 0.25) is 0 Å². The Balaban J connectivity index is 1.97. The van der Waals surface area contributed by atoms with Crippen LogP contribution in [-0.4, -0.2) is 0 Å². The number of hydrogen-bond donors (Lipinski definition) is 0. The molecule has 98 valence electrons. The Morgan fingerprint density at radius 1 is 1.05 bits per heavy atom. The maximum absolute atomic E-state index is 13.9. The molecule has 0 saturated heterocycles. The summed E-state index contributed by atoms with van der Waals surface area (Å²) in [5.74, 6) is -0.385. The molecule has 0 bridgehead atoms. The summed E-state index contributed by atoms with van der Waals surface area (Å²) in [6.07, 6.45) is 0. The van der Waals surface area contributed by atoms with Crippen molar-refractivity contribution in [3.63, 3.8) is 0 Å². The average molecular weight is 297 g/mol. The third-order valence-corrected chi connectivity index (χ3v) is 4.00. The summed E-state index contributed by atoms with van der Waals surface area (Å²) in [4.78, 5) is 0. The highest BCUT2D eigenvalue weighted by atomic mass is 35.5. The van der Waals surface area contributed by atoms with Crippen LogP contribution in [0, 0.1) is 5.82 Å². The maximum Gasteiger partial charge on any atom is 0.129 e. The molecule has 1 aliphatic rings. The molecule has 1 heterocycles. The summed E-state index contributed by atoms with van der Waals surface area (Å²) in [5, 5.41) is -0.157. The van der Waals surface area contributed by atoms with Gasteiger partial charge in [-0.15, -0.1) is 11.6 Å². The van der Waals surface area contributed by atoms with Crippen molar-refractivity contribution in [2.45, 2.75) is 18.6 Å². The van der Waals surface area contributed by atoms with Gasteiger partial charge >= 0.3 is 0 Å². The minimum Gasteiger partial charge on any atom is -0.372 e. The Labute approximate surface area is 120 Å². The SMILES string of the molecule is Fc1cc(Cl)ccc1C(Cl)c1ccc2c(c1)COC2. The molecule has 0 saturated carbocycles. The second kappa shape index (κ2) is 5.12. The minimum absolute atomic E-state index is 0.368. The molecule has 2 aromatic rings. The predicted octanol–water partition coefficient (Wildman–Crippen LogP) is 4.84. The fraction of sp³-hybridized carbons (Fsp3) is 0.200. The number of alkyl halides is 1. The monoisotopic (exact) mass is 296 g/mol. The van der Waals surface area contributed by atoms with E-state index in [0.717, 1.165) is 11.1 Å². The van der Waals surface area contributed by atoms with E-state index in [-0.39, 0.29) is 5.82 Å². The van der Waals surface area contributed by atoms with Crippen LogP contribution in [0.3, 0.4) is 0 Å². The smallest absolute Gasteiger partial charge is 0.129 e. The van der Waals surface area contributed by atoms with Crippen LogP contribution in [0.1, 0.15) is 27.6 Å². The number of rotatable bonds is 2. The summed E-state index contributed by atoms with van der Waals surface area (Å²) in [6, 6.07) is 10.4. The second-order valence-electron chi connectivity index (χ2n) is 4.55.